The van der Waals surface area contributed by atoms with Crippen molar-refractivity contribution in [1.29, 1.82) is 0 Å². The Morgan fingerprint density at radius 1 is 1.10 bits per heavy atom. The van der Waals surface area contributed by atoms with E-state index >= 15 is 0 Å². The van der Waals surface area contributed by atoms with Crippen LogP contribution in [0.15, 0.2) is 0 Å². The normalized spacial score (nSPS) is 38.2. The van der Waals surface area contributed by atoms with Crippen molar-refractivity contribution in [2.45, 2.75) is 83.3 Å². The Morgan fingerprint density at radius 3 is 2.70 bits per heavy atom. The molecular weight excluding hydrogens is 246 g/mol. The lowest BCUT2D eigenvalue weighted by atomic mass is 9.83. The lowest BCUT2D eigenvalue weighted by Gasteiger charge is -2.31. The summed E-state index contributed by atoms with van der Waals surface area (Å²) in [5.41, 5.74) is 0. The van der Waals surface area contributed by atoms with Crippen LogP contribution in [0.4, 0.5) is 0 Å². The summed E-state index contributed by atoms with van der Waals surface area (Å²) in [6, 6.07) is 0.711. The first-order chi connectivity index (χ1) is 9.85. The monoisotopic (exact) mass is 279 g/mol. The van der Waals surface area contributed by atoms with Gasteiger partial charge in [-0.2, -0.15) is 0 Å². The van der Waals surface area contributed by atoms with Gasteiger partial charge in [0.1, 0.15) is 0 Å². The van der Waals surface area contributed by atoms with Crippen molar-refractivity contribution in [2.75, 3.05) is 13.2 Å². The minimum absolute atomic E-state index is 0.539. The van der Waals surface area contributed by atoms with Crippen LogP contribution in [0.25, 0.3) is 0 Å². The average Bonchev–Trinajstić information content (AvgIpc) is 3.08. The molecule has 0 aromatic carbocycles. The molecule has 3 fully saturated rings. The van der Waals surface area contributed by atoms with E-state index in [1.807, 2.05) is 0 Å². The van der Waals surface area contributed by atoms with E-state index in [0.29, 0.717) is 12.1 Å². The predicted octanol–water partition coefficient (Wildman–Crippen LogP) is 4.14. The number of hydrogen-bond acceptors (Lipinski definition) is 2. The van der Waals surface area contributed by atoms with Crippen molar-refractivity contribution in [3.8, 4) is 0 Å². The minimum atomic E-state index is 0.539. The van der Waals surface area contributed by atoms with Crippen molar-refractivity contribution < 1.29 is 4.74 Å². The van der Waals surface area contributed by atoms with Crippen LogP contribution in [0, 0.1) is 17.8 Å². The zero-order valence-corrected chi connectivity index (χ0v) is 13.3. The van der Waals surface area contributed by atoms with Gasteiger partial charge in [0.25, 0.3) is 0 Å². The molecule has 2 nitrogen and oxygen atoms in total. The van der Waals surface area contributed by atoms with Gasteiger partial charge in [-0.15, -0.1) is 0 Å². The van der Waals surface area contributed by atoms with Gasteiger partial charge in [0.15, 0.2) is 0 Å². The van der Waals surface area contributed by atoms with Crippen LogP contribution in [0.3, 0.4) is 0 Å². The molecule has 1 N–H and O–H groups in total. The second kappa shape index (κ2) is 7.26. The zero-order chi connectivity index (χ0) is 13.8. The number of fused-ring (bicyclic) bond motifs is 2. The molecule has 20 heavy (non-hydrogen) atoms. The molecule has 3 aliphatic rings. The van der Waals surface area contributed by atoms with E-state index in [9.17, 15) is 0 Å². The van der Waals surface area contributed by atoms with Crippen molar-refractivity contribution in [1.82, 2.24) is 5.32 Å². The number of ether oxygens (including phenoxy) is 1. The van der Waals surface area contributed by atoms with Crippen LogP contribution in [0.2, 0.25) is 0 Å². The molecule has 2 bridgehead atoms. The standard InChI is InChI=1S/C18H33NO/c1-2-8-19-17(13-18-5-3-4-9-20-18)12-16-11-14-6-7-15(16)10-14/h14-19H,2-13H2,1H3. The van der Waals surface area contributed by atoms with E-state index < -0.39 is 0 Å². The minimum Gasteiger partial charge on any atom is -0.378 e. The maximum atomic E-state index is 5.97. The second-order valence-electron chi connectivity index (χ2n) is 7.55. The van der Waals surface area contributed by atoms with E-state index in [4.69, 9.17) is 4.74 Å². The quantitative estimate of drug-likeness (QED) is 0.756. The maximum absolute atomic E-state index is 5.97. The maximum Gasteiger partial charge on any atom is 0.0590 e. The Morgan fingerprint density at radius 2 is 2.05 bits per heavy atom. The highest BCUT2D eigenvalue weighted by molar-refractivity contribution is 4.92. The first kappa shape index (κ1) is 14.8. The number of rotatable bonds is 7. The van der Waals surface area contributed by atoms with Gasteiger partial charge in [-0.1, -0.05) is 13.3 Å². The molecule has 2 saturated carbocycles. The Kier molecular flexibility index (Phi) is 5.39. The third kappa shape index (κ3) is 3.76. The number of hydrogen-bond donors (Lipinski definition) is 1. The molecule has 0 spiro atoms. The predicted molar refractivity (Wildman–Crippen MR) is 83.8 cm³/mol. The molecule has 2 aliphatic carbocycles. The Labute approximate surface area is 125 Å². The summed E-state index contributed by atoms with van der Waals surface area (Å²) in [7, 11) is 0. The van der Waals surface area contributed by atoms with Crippen molar-refractivity contribution >= 4 is 0 Å². The molecule has 0 amide bonds. The van der Waals surface area contributed by atoms with E-state index in [2.05, 4.69) is 12.2 Å². The van der Waals surface area contributed by atoms with Gasteiger partial charge in [-0.25, -0.2) is 0 Å². The Balaban J connectivity index is 1.49. The largest absolute Gasteiger partial charge is 0.378 e. The van der Waals surface area contributed by atoms with Crippen LogP contribution in [0.1, 0.15) is 71.1 Å². The van der Waals surface area contributed by atoms with Gasteiger partial charge < -0.3 is 10.1 Å². The first-order valence-electron chi connectivity index (χ1n) is 9.20. The summed E-state index contributed by atoms with van der Waals surface area (Å²) in [6.45, 7) is 4.45. The molecular formula is C18H33NO. The fourth-order valence-electron chi connectivity index (χ4n) is 4.95. The number of nitrogens with one attached hydrogen (secondary N) is 1. The van der Waals surface area contributed by atoms with Crippen LogP contribution in [-0.2, 0) is 4.74 Å². The van der Waals surface area contributed by atoms with E-state index in [0.717, 1.165) is 24.4 Å². The van der Waals surface area contributed by atoms with Crippen LogP contribution < -0.4 is 5.32 Å². The van der Waals surface area contributed by atoms with Gasteiger partial charge in [-0.3, -0.25) is 0 Å². The molecule has 5 atom stereocenters. The summed E-state index contributed by atoms with van der Waals surface area (Å²) >= 11 is 0. The molecule has 116 valence electrons. The lowest BCUT2D eigenvalue weighted by molar-refractivity contribution is 0.00314. The topological polar surface area (TPSA) is 21.3 Å². The molecule has 0 aromatic heterocycles. The van der Waals surface area contributed by atoms with Gasteiger partial charge in [0, 0.05) is 12.6 Å². The smallest absolute Gasteiger partial charge is 0.0590 e. The van der Waals surface area contributed by atoms with E-state index in [1.54, 1.807) is 6.42 Å². The molecule has 3 rings (SSSR count). The average molecular weight is 279 g/mol. The van der Waals surface area contributed by atoms with E-state index in [-0.39, 0.29) is 0 Å². The lowest BCUT2D eigenvalue weighted by Crippen LogP contribution is -2.37. The zero-order valence-electron chi connectivity index (χ0n) is 13.3. The summed E-state index contributed by atoms with van der Waals surface area (Å²) in [5.74, 6) is 3.17. The van der Waals surface area contributed by atoms with Crippen molar-refractivity contribution in [3.05, 3.63) is 0 Å². The van der Waals surface area contributed by atoms with Crippen molar-refractivity contribution in [2.24, 2.45) is 17.8 Å². The Hall–Kier alpha value is -0.0800. The van der Waals surface area contributed by atoms with E-state index in [1.165, 1.54) is 64.3 Å². The summed E-state index contributed by atoms with van der Waals surface area (Å²) < 4.78 is 5.97. The molecule has 5 unspecified atom stereocenters. The summed E-state index contributed by atoms with van der Waals surface area (Å²) in [6.07, 6.45) is 14.5. The fraction of sp³-hybridized carbons (Fsp3) is 1.00. The first-order valence-corrected chi connectivity index (χ1v) is 9.20. The van der Waals surface area contributed by atoms with Crippen molar-refractivity contribution in [3.63, 3.8) is 0 Å². The Bertz CT molecular complexity index is 287. The highest BCUT2D eigenvalue weighted by Gasteiger charge is 2.40. The fourth-order valence-corrected chi connectivity index (χ4v) is 4.95. The van der Waals surface area contributed by atoms with Gasteiger partial charge >= 0.3 is 0 Å². The third-order valence-corrected chi connectivity index (χ3v) is 5.98. The van der Waals surface area contributed by atoms with Crippen LogP contribution >= 0.6 is 0 Å². The van der Waals surface area contributed by atoms with Gasteiger partial charge in [0.05, 0.1) is 6.10 Å². The second-order valence-corrected chi connectivity index (χ2v) is 7.55. The molecule has 2 heteroatoms. The third-order valence-electron chi connectivity index (χ3n) is 5.98. The molecule has 1 saturated heterocycles. The SMILES string of the molecule is CCCNC(CC1CCCCO1)CC1CC2CCC1C2. The molecule has 1 heterocycles. The summed E-state index contributed by atoms with van der Waals surface area (Å²) in [4.78, 5) is 0. The molecule has 0 aromatic rings. The molecule has 0 radical (unpaired) electrons. The van der Waals surface area contributed by atoms with Gasteiger partial charge in [-0.05, 0) is 82.1 Å². The molecule has 1 aliphatic heterocycles. The van der Waals surface area contributed by atoms with Gasteiger partial charge in [0.2, 0.25) is 0 Å². The highest BCUT2D eigenvalue weighted by atomic mass is 16.5. The summed E-state index contributed by atoms with van der Waals surface area (Å²) in [5, 5.41) is 3.82. The van der Waals surface area contributed by atoms with Crippen LogP contribution in [0.5, 0.6) is 0 Å². The van der Waals surface area contributed by atoms with Crippen LogP contribution in [-0.4, -0.2) is 25.3 Å². The highest BCUT2D eigenvalue weighted by Crippen LogP contribution is 2.50.